The molecule has 1 N–H and O–H groups in total. The van der Waals surface area contributed by atoms with Crippen LogP contribution in [0.3, 0.4) is 0 Å². The number of nitrogens with one attached hydrogen (secondary N) is 1. The molecule has 0 spiro atoms. The van der Waals surface area contributed by atoms with E-state index in [2.05, 4.69) is 10.3 Å². The fraction of sp³-hybridized carbons (Fsp3) is 0.333. The van der Waals surface area contributed by atoms with E-state index in [1.54, 1.807) is 0 Å². The van der Waals surface area contributed by atoms with Crippen LogP contribution in [0.4, 0.5) is 5.13 Å². The van der Waals surface area contributed by atoms with Crippen molar-refractivity contribution in [2.24, 2.45) is 5.41 Å². The van der Waals surface area contributed by atoms with E-state index in [0.717, 1.165) is 10.2 Å². The summed E-state index contributed by atoms with van der Waals surface area (Å²) in [6.07, 6.45) is 0. The molecule has 2 rings (SSSR count). The predicted molar refractivity (Wildman–Crippen MR) is 72.8 cm³/mol. The molecule has 0 saturated heterocycles. The van der Waals surface area contributed by atoms with Crippen LogP contribution < -0.4 is 5.32 Å². The Kier molecular flexibility index (Phi) is 3.35. The van der Waals surface area contributed by atoms with Crippen molar-refractivity contribution in [3.8, 4) is 0 Å². The maximum atomic E-state index is 11.9. The van der Waals surface area contributed by atoms with E-state index in [1.807, 2.05) is 38.1 Å². The first kappa shape index (κ1) is 12.3. The molecule has 0 aliphatic carbocycles. The summed E-state index contributed by atoms with van der Waals surface area (Å²) in [6.45, 7) is 3.62. The van der Waals surface area contributed by atoms with E-state index in [9.17, 15) is 4.79 Å². The van der Waals surface area contributed by atoms with Crippen LogP contribution in [0.1, 0.15) is 13.8 Å². The number of fused-ring (bicyclic) bond motifs is 1. The van der Waals surface area contributed by atoms with Crippen LogP contribution in [0, 0.1) is 5.41 Å². The standard InChI is InChI=1S/C12H13ClN2OS/c1-12(2,7-13)10(16)15-11-14-8-5-3-4-6-9(8)17-11/h3-6H,7H2,1-2H3,(H,14,15,16). The summed E-state index contributed by atoms with van der Waals surface area (Å²) in [5, 5.41) is 3.43. The second-order valence-corrected chi connectivity index (χ2v) is 5.76. The molecule has 0 saturated carbocycles. The van der Waals surface area contributed by atoms with Crippen LogP contribution in [0.15, 0.2) is 24.3 Å². The number of hydrogen-bond acceptors (Lipinski definition) is 3. The number of carbonyl (C=O) groups is 1. The van der Waals surface area contributed by atoms with Crippen LogP contribution in [0.25, 0.3) is 10.2 Å². The van der Waals surface area contributed by atoms with Gasteiger partial charge >= 0.3 is 0 Å². The third-order valence-corrected chi connectivity index (χ3v) is 4.08. The van der Waals surface area contributed by atoms with Gasteiger partial charge < -0.3 is 5.32 Å². The first-order valence-electron chi connectivity index (χ1n) is 5.26. The predicted octanol–water partition coefficient (Wildman–Crippen LogP) is 3.50. The van der Waals surface area contributed by atoms with Crippen molar-refractivity contribution in [2.45, 2.75) is 13.8 Å². The smallest absolute Gasteiger partial charge is 0.233 e. The molecule has 0 bridgehead atoms. The van der Waals surface area contributed by atoms with Crippen LogP contribution >= 0.6 is 22.9 Å². The molecule has 90 valence electrons. The molecule has 0 unspecified atom stereocenters. The second-order valence-electron chi connectivity index (χ2n) is 4.46. The number of aromatic nitrogens is 1. The van der Waals surface area contributed by atoms with E-state index >= 15 is 0 Å². The maximum absolute atomic E-state index is 11.9. The number of carbonyl (C=O) groups excluding carboxylic acids is 1. The molecular weight excluding hydrogens is 256 g/mol. The summed E-state index contributed by atoms with van der Waals surface area (Å²) in [4.78, 5) is 16.3. The van der Waals surface area contributed by atoms with Gasteiger partial charge in [0.15, 0.2) is 5.13 Å². The number of rotatable bonds is 3. The Hall–Kier alpha value is -1.13. The van der Waals surface area contributed by atoms with Gasteiger partial charge in [0.1, 0.15) is 0 Å². The number of halogens is 1. The lowest BCUT2D eigenvalue weighted by Crippen LogP contribution is -2.32. The first-order valence-corrected chi connectivity index (χ1v) is 6.61. The lowest BCUT2D eigenvalue weighted by atomic mass is 9.95. The molecule has 1 aromatic carbocycles. The van der Waals surface area contributed by atoms with Gasteiger partial charge in [-0.1, -0.05) is 23.5 Å². The Balaban J connectivity index is 2.22. The van der Waals surface area contributed by atoms with E-state index in [4.69, 9.17) is 11.6 Å². The fourth-order valence-electron chi connectivity index (χ4n) is 1.25. The molecule has 1 aromatic heterocycles. The van der Waals surface area contributed by atoms with E-state index in [1.165, 1.54) is 11.3 Å². The van der Waals surface area contributed by atoms with Gasteiger partial charge in [-0.15, -0.1) is 11.6 Å². The Morgan fingerprint density at radius 2 is 2.18 bits per heavy atom. The molecule has 1 amide bonds. The second kappa shape index (κ2) is 4.63. The minimum absolute atomic E-state index is 0.105. The van der Waals surface area contributed by atoms with Crippen molar-refractivity contribution in [3.63, 3.8) is 0 Å². The van der Waals surface area contributed by atoms with Crippen molar-refractivity contribution in [3.05, 3.63) is 24.3 Å². The van der Waals surface area contributed by atoms with Gasteiger partial charge in [-0.3, -0.25) is 4.79 Å². The monoisotopic (exact) mass is 268 g/mol. The zero-order valence-electron chi connectivity index (χ0n) is 9.66. The molecule has 2 aromatic rings. The Labute approximate surface area is 109 Å². The van der Waals surface area contributed by atoms with Gasteiger partial charge in [0, 0.05) is 5.88 Å². The molecule has 5 heteroatoms. The zero-order chi connectivity index (χ0) is 12.5. The summed E-state index contributed by atoms with van der Waals surface area (Å²) >= 11 is 7.22. The van der Waals surface area contributed by atoms with Crippen molar-refractivity contribution in [1.82, 2.24) is 4.98 Å². The molecule has 17 heavy (non-hydrogen) atoms. The van der Waals surface area contributed by atoms with Crippen LogP contribution in [0.5, 0.6) is 0 Å². The minimum atomic E-state index is -0.584. The highest BCUT2D eigenvalue weighted by atomic mass is 35.5. The number of thiazole rings is 1. The molecule has 0 atom stereocenters. The fourth-order valence-corrected chi connectivity index (χ4v) is 2.23. The van der Waals surface area contributed by atoms with Gasteiger partial charge in [0.05, 0.1) is 15.6 Å². The van der Waals surface area contributed by atoms with Crippen LogP contribution in [0.2, 0.25) is 0 Å². The number of anilines is 1. The van der Waals surface area contributed by atoms with E-state index in [-0.39, 0.29) is 11.8 Å². The van der Waals surface area contributed by atoms with Crippen LogP contribution in [-0.2, 0) is 4.79 Å². The molecule has 0 aliphatic heterocycles. The Morgan fingerprint density at radius 3 is 2.82 bits per heavy atom. The SMILES string of the molecule is CC(C)(CCl)C(=O)Nc1nc2ccccc2s1. The van der Waals surface area contributed by atoms with E-state index in [0.29, 0.717) is 5.13 Å². The summed E-state index contributed by atoms with van der Waals surface area (Å²) in [5.41, 5.74) is 0.316. The Bertz CT molecular complexity index is 517. The first-order chi connectivity index (χ1) is 8.03. The van der Waals surface area contributed by atoms with Crippen molar-refractivity contribution < 1.29 is 4.79 Å². The quantitative estimate of drug-likeness (QED) is 0.866. The largest absolute Gasteiger partial charge is 0.301 e. The number of amides is 1. The zero-order valence-corrected chi connectivity index (χ0v) is 11.2. The lowest BCUT2D eigenvalue weighted by molar-refractivity contribution is -0.122. The summed E-state index contributed by atoms with van der Waals surface area (Å²) in [5.74, 6) is 0.176. The molecule has 0 aliphatic rings. The third kappa shape index (κ3) is 2.58. The summed E-state index contributed by atoms with van der Waals surface area (Å²) < 4.78 is 1.06. The minimum Gasteiger partial charge on any atom is -0.301 e. The average molecular weight is 269 g/mol. The topological polar surface area (TPSA) is 42.0 Å². The normalized spacial score (nSPS) is 11.7. The number of benzene rings is 1. The molecule has 3 nitrogen and oxygen atoms in total. The molecule has 0 fully saturated rings. The molecule has 0 radical (unpaired) electrons. The summed E-state index contributed by atoms with van der Waals surface area (Å²) in [7, 11) is 0. The maximum Gasteiger partial charge on any atom is 0.233 e. The highest BCUT2D eigenvalue weighted by Crippen LogP contribution is 2.27. The van der Waals surface area contributed by atoms with E-state index < -0.39 is 5.41 Å². The highest BCUT2D eigenvalue weighted by molar-refractivity contribution is 7.22. The van der Waals surface area contributed by atoms with Gasteiger partial charge in [-0.2, -0.15) is 0 Å². The Morgan fingerprint density at radius 1 is 1.47 bits per heavy atom. The van der Waals surface area contributed by atoms with Gasteiger partial charge in [-0.25, -0.2) is 4.98 Å². The van der Waals surface area contributed by atoms with Gasteiger partial charge in [0.2, 0.25) is 5.91 Å². The van der Waals surface area contributed by atoms with Crippen molar-refractivity contribution in [1.29, 1.82) is 0 Å². The van der Waals surface area contributed by atoms with Crippen molar-refractivity contribution >= 4 is 44.2 Å². The number of hydrogen-bond donors (Lipinski definition) is 1. The summed E-state index contributed by atoms with van der Waals surface area (Å²) in [6, 6.07) is 7.79. The average Bonchev–Trinajstić information content (AvgIpc) is 2.70. The number of nitrogens with zero attached hydrogens (tertiary/aromatic N) is 1. The highest BCUT2D eigenvalue weighted by Gasteiger charge is 2.27. The lowest BCUT2D eigenvalue weighted by Gasteiger charge is -2.18. The molecule has 1 heterocycles. The number of alkyl halides is 1. The molecular formula is C12H13ClN2OS. The van der Waals surface area contributed by atoms with Gasteiger partial charge in [0.25, 0.3) is 0 Å². The number of para-hydroxylation sites is 1. The van der Waals surface area contributed by atoms with Gasteiger partial charge in [-0.05, 0) is 26.0 Å². The third-order valence-electron chi connectivity index (χ3n) is 2.46. The van der Waals surface area contributed by atoms with Crippen molar-refractivity contribution in [2.75, 3.05) is 11.2 Å². The van der Waals surface area contributed by atoms with Crippen LogP contribution in [-0.4, -0.2) is 16.8 Å².